The average molecular weight is 433 g/mol. The fourth-order valence-corrected chi connectivity index (χ4v) is 3.55. The van der Waals surface area contributed by atoms with Gasteiger partial charge in [-0.3, -0.25) is 19.3 Å². The van der Waals surface area contributed by atoms with Gasteiger partial charge in [0.05, 0.1) is 4.91 Å². The quantitative estimate of drug-likeness (QED) is 0.488. The molecule has 1 fully saturated rings. The number of carboxylic acids is 1. The molecule has 10 heteroatoms. The molecule has 3 N–H and O–H groups in total. The Hall–Kier alpha value is -3.30. The van der Waals surface area contributed by atoms with Crippen molar-refractivity contribution in [3.8, 4) is 5.75 Å². The van der Waals surface area contributed by atoms with Gasteiger partial charge < -0.3 is 15.5 Å². The summed E-state index contributed by atoms with van der Waals surface area (Å²) in [5.41, 5.74) is 0.350. The first-order chi connectivity index (χ1) is 13.7. The summed E-state index contributed by atoms with van der Waals surface area (Å²) in [6.07, 6.45) is 1.51. The molecular weight excluding hydrogens is 420 g/mol. The Bertz CT molecular complexity index is 1070. The van der Waals surface area contributed by atoms with E-state index in [2.05, 4.69) is 5.32 Å². The summed E-state index contributed by atoms with van der Waals surface area (Å²) < 4.78 is 0. The smallest absolute Gasteiger partial charge is 0.339 e. The zero-order chi connectivity index (χ0) is 21.1. The van der Waals surface area contributed by atoms with Gasteiger partial charge in [-0.05, 0) is 53.7 Å². The molecular formula is C19H13ClN2O6S. The standard InChI is InChI=1S/C19H13ClN2O6S/c20-11-3-1-2-10(6-11)7-15-17(25)22(19(28)29-15)9-16(24)21-12-4-5-14(23)13(8-12)18(26)27/h1-8,23H,9H2,(H,21,24)(H,26,27)/b15-7-. The van der Waals surface area contributed by atoms with Crippen molar-refractivity contribution in [2.75, 3.05) is 11.9 Å². The molecule has 3 amide bonds. The molecule has 3 rings (SSSR count). The average Bonchev–Trinajstić information content (AvgIpc) is 2.90. The molecule has 1 heterocycles. The minimum Gasteiger partial charge on any atom is -0.507 e. The summed E-state index contributed by atoms with van der Waals surface area (Å²) in [5.74, 6) is -3.13. The highest BCUT2D eigenvalue weighted by molar-refractivity contribution is 8.18. The minimum absolute atomic E-state index is 0.103. The number of carboxylic acid groups (broad SMARTS) is 1. The van der Waals surface area contributed by atoms with Crippen LogP contribution in [0.3, 0.4) is 0 Å². The predicted octanol–water partition coefficient (Wildman–Crippen LogP) is 3.42. The monoisotopic (exact) mass is 432 g/mol. The maximum absolute atomic E-state index is 12.5. The second-order valence-corrected chi connectivity index (χ2v) is 7.34. The summed E-state index contributed by atoms with van der Waals surface area (Å²) >= 11 is 6.61. The maximum atomic E-state index is 12.5. The summed E-state index contributed by atoms with van der Waals surface area (Å²) in [6, 6.07) is 10.2. The van der Waals surface area contributed by atoms with E-state index in [0.717, 1.165) is 17.0 Å². The van der Waals surface area contributed by atoms with Crippen LogP contribution in [0.15, 0.2) is 47.4 Å². The van der Waals surface area contributed by atoms with E-state index in [4.69, 9.17) is 16.7 Å². The molecule has 0 atom stereocenters. The Kier molecular flexibility index (Phi) is 5.90. The second kappa shape index (κ2) is 8.38. The van der Waals surface area contributed by atoms with Crippen LogP contribution in [-0.4, -0.2) is 44.7 Å². The number of aromatic carboxylic acids is 1. The molecule has 0 radical (unpaired) electrons. The number of phenols is 1. The van der Waals surface area contributed by atoms with E-state index in [9.17, 15) is 24.3 Å². The fourth-order valence-electron chi connectivity index (χ4n) is 2.51. The third-order valence-corrected chi connectivity index (χ3v) is 4.97. The van der Waals surface area contributed by atoms with E-state index in [1.54, 1.807) is 24.3 Å². The van der Waals surface area contributed by atoms with Crippen molar-refractivity contribution in [2.45, 2.75) is 0 Å². The van der Waals surface area contributed by atoms with E-state index < -0.39 is 40.9 Å². The van der Waals surface area contributed by atoms with Gasteiger partial charge in [0.25, 0.3) is 11.1 Å². The molecule has 0 spiro atoms. The van der Waals surface area contributed by atoms with Crippen LogP contribution in [0.4, 0.5) is 10.5 Å². The Balaban J connectivity index is 1.71. The molecule has 0 aliphatic carbocycles. The van der Waals surface area contributed by atoms with Crippen molar-refractivity contribution in [1.82, 2.24) is 4.90 Å². The second-order valence-electron chi connectivity index (χ2n) is 5.91. The summed E-state index contributed by atoms with van der Waals surface area (Å²) in [5, 5.41) is 20.8. The lowest BCUT2D eigenvalue weighted by atomic mass is 10.2. The molecule has 29 heavy (non-hydrogen) atoms. The minimum atomic E-state index is -1.37. The van der Waals surface area contributed by atoms with Crippen LogP contribution in [0.2, 0.25) is 5.02 Å². The number of rotatable bonds is 5. The van der Waals surface area contributed by atoms with Gasteiger partial charge in [0.2, 0.25) is 5.91 Å². The third-order valence-electron chi connectivity index (χ3n) is 3.83. The molecule has 1 aliphatic heterocycles. The summed E-state index contributed by atoms with van der Waals surface area (Å²) in [6.45, 7) is -0.541. The van der Waals surface area contributed by atoms with Crippen molar-refractivity contribution in [2.24, 2.45) is 0 Å². The summed E-state index contributed by atoms with van der Waals surface area (Å²) in [7, 11) is 0. The highest BCUT2D eigenvalue weighted by Gasteiger charge is 2.36. The number of anilines is 1. The van der Waals surface area contributed by atoms with Gasteiger partial charge in [-0.1, -0.05) is 23.7 Å². The van der Waals surface area contributed by atoms with Crippen molar-refractivity contribution < 1.29 is 29.4 Å². The first kappa shape index (κ1) is 20.4. The van der Waals surface area contributed by atoms with Crippen LogP contribution >= 0.6 is 23.4 Å². The lowest BCUT2D eigenvalue weighted by Gasteiger charge is -2.13. The van der Waals surface area contributed by atoms with E-state index in [0.29, 0.717) is 22.3 Å². The topological polar surface area (TPSA) is 124 Å². The molecule has 148 valence electrons. The van der Waals surface area contributed by atoms with Crippen LogP contribution in [0.1, 0.15) is 15.9 Å². The predicted molar refractivity (Wildman–Crippen MR) is 108 cm³/mol. The highest BCUT2D eigenvalue weighted by Crippen LogP contribution is 2.32. The number of hydrogen-bond acceptors (Lipinski definition) is 6. The van der Waals surface area contributed by atoms with Crippen molar-refractivity contribution in [3.63, 3.8) is 0 Å². The number of halogens is 1. The third kappa shape index (κ3) is 4.76. The molecule has 2 aromatic carbocycles. The van der Waals surface area contributed by atoms with E-state index >= 15 is 0 Å². The van der Waals surface area contributed by atoms with Crippen LogP contribution in [0, 0.1) is 0 Å². The number of benzene rings is 2. The Morgan fingerprint density at radius 2 is 1.93 bits per heavy atom. The van der Waals surface area contributed by atoms with Gasteiger partial charge in [0.15, 0.2) is 0 Å². The Labute approximate surface area is 173 Å². The highest BCUT2D eigenvalue weighted by atomic mass is 35.5. The number of carbonyl (C=O) groups is 4. The zero-order valence-electron chi connectivity index (χ0n) is 14.6. The first-order valence-corrected chi connectivity index (χ1v) is 9.31. The van der Waals surface area contributed by atoms with Gasteiger partial charge in [-0.2, -0.15) is 0 Å². The molecule has 8 nitrogen and oxygen atoms in total. The van der Waals surface area contributed by atoms with E-state index in [1.807, 2.05) is 0 Å². The number of nitrogens with zero attached hydrogens (tertiary/aromatic N) is 1. The Morgan fingerprint density at radius 3 is 2.62 bits per heavy atom. The lowest BCUT2D eigenvalue weighted by Crippen LogP contribution is -2.36. The molecule has 2 aromatic rings. The SMILES string of the molecule is O=C(CN1C(=O)S/C(=C\c2cccc(Cl)c2)C1=O)Nc1ccc(O)c(C(=O)O)c1. The molecule has 1 aliphatic rings. The first-order valence-electron chi connectivity index (χ1n) is 8.11. The van der Waals surface area contributed by atoms with Gasteiger partial charge in [-0.15, -0.1) is 0 Å². The molecule has 0 bridgehead atoms. The van der Waals surface area contributed by atoms with Crippen LogP contribution in [0.25, 0.3) is 6.08 Å². The van der Waals surface area contributed by atoms with Crippen molar-refractivity contribution in [1.29, 1.82) is 0 Å². The molecule has 0 aromatic heterocycles. The van der Waals surface area contributed by atoms with Crippen LogP contribution in [0.5, 0.6) is 5.75 Å². The maximum Gasteiger partial charge on any atom is 0.339 e. The van der Waals surface area contributed by atoms with Gasteiger partial charge >= 0.3 is 5.97 Å². The van der Waals surface area contributed by atoms with Gasteiger partial charge in [0, 0.05) is 10.7 Å². The van der Waals surface area contributed by atoms with Crippen LogP contribution in [-0.2, 0) is 9.59 Å². The summed E-state index contributed by atoms with van der Waals surface area (Å²) in [4.78, 5) is 48.8. The number of aromatic hydroxyl groups is 1. The number of imide groups is 1. The molecule has 0 unspecified atom stereocenters. The van der Waals surface area contributed by atoms with Crippen LogP contribution < -0.4 is 5.32 Å². The molecule has 1 saturated heterocycles. The Morgan fingerprint density at radius 1 is 1.17 bits per heavy atom. The fraction of sp³-hybridized carbons (Fsp3) is 0.0526. The number of carbonyl (C=O) groups excluding carboxylic acids is 3. The van der Waals surface area contributed by atoms with Crippen molar-refractivity contribution in [3.05, 3.63) is 63.5 Å². The number of nitrogens with one attached hydrogen (secondary N) is 1. The van der Waals surface area contributed by atoms with Gasteiger partial charge in [-0.25, -0.2) is 4.79 Å². The molecule has 0 saturated carbocycles. The number of hydrogen-bond donors (Lipinski definition) is 3. The largest absolute Gasteiger partial charge is 0.507 e. The van der Waals surface area contributed by atoms with E-state index in [1.165, 1.54) is 12.1 Å². The van der Waals surface area contributed by atoms with E-state index in [-0.39, 0.29) is 10.6 Å². The zero-order valence-corrected chi connectivity index (χ0v) is 16.2. The normalized spacial score (nSPS) is 15.1. The van der Waals surface area contributed by atoms with Gasteiger partial charge in [0.1, 0.15) is 17.9 Å². The number of amides is 3. The number of thioether (sulfide) groups is 1. The lowest BCUT2D eigenvalue weighted by molar-refractivity contribution is -0.127. The van der Waals surface area contributed by atoms with Crippen molar-refractivity contribution >= 4 is 58.1 Å².